The number of amides is 1. The lowest BCUT2D eigenvalue weighted by Gasteiger charge is -2.07. The Hall–Kier alpha value is -3.92. The predicted octanol–water partition coefficient (Wildman–Crippen LogP) is 3.92. The fourth-order valence-corrected chi connectivity index (χ4v) is 2.65. The summed E-state index contributed by atoms with van der Waals surface area (Å²) in [4.78, 5) is 17.2. The summed E-state index contributed by atoms with van der Waals surface area (Å²) in [6.07, 6.45) is 1.53. The Morgan fingerprint density at radius 1 is 1.23 bits per heavy atom. The second-order valence-electron chi connectivity index (χ2n) is 5.62. The van der Waals surface area contributed by atoms with Gasteiger partial charge in [-0.05, 0) is 49.4 Å². The van der Waals surface area contributed by atoms with E-state index in [-0.39, 0.29) is 11.6 Å². The number of pyridine rings is 1. The average molecular weight is 344 g/mol. The monoisotopic (exact) mass is 344 g/mol. The lowest BCUT2D eigenvalue weighted by atomic mass is 10.1. The number of hydrogen-bond donors (Lipinski definition) is 1. The van der Waals surface area contributed by atoms with E-state index in [1.807, 2.05) is 6.07 Å². The van der Waals surface area contributed by atoms with Crippen molar-refractivity contribution in [2.45, 2.75) is 6.92 Å². The summed E-state index contributed by atoms with van der Waals surface area (Å²) in [7, 11) is 0. The molecule has 0 spiro atoms. The van der Waals surface area contributed by atoms with Crippen LogP contribution in [0.4, 0.5) is 5.69 Å². The second kappa shape index (κ2) is 6.18. The largest absolute Gasteiger partial charge is 0.463 e. The fourth-order valence-electron chi connectivity index (χ4n) is 2.65. The molecular formula is C19H12N4O3. The number of nitrogens with zero attached hydrogens (tertiary/aromatic N) is 3. The predicted molar refractivity (Wildman–Crippen MR) is 93.4 cm³/mol. The minimum Gasteiger partial charge on any atom is -0.463 e. The number of anilines is 1. The zero-order chi connectivity index (χ0) is 18.1. The normalized spacial score (nSPS) is 10.6. The molecule has 3 aromatic heterocycles. The highest BCUT2D eigenvalue weighted by molar-refractivity contribution is 6.12. The van der Waals surface area contributed by atoms with Gasteiger partial charge < -0.3 is 14.3 Å². The molecule has 0 aliphatic rings. The van der Waals surface area contributed by atoms with E-state index >= 15 is 0 Å². The van der Waals surface area contributed by atoms with Crippen LogP contribution in [0.15, 0.2) is 57.7 Å². The van der Waals surface area contributed by atoms with Crippen LogP contribution in [0, 0.1) is 18.3 Å². The summed E-state index contributed by atoms with van der Waals surface area (Å²) >= 11 is 0. The number of furan rings is 1. The van der Waals surface area contributed by atoms with Gasteiger partial charge in [0.25, 0.3) is 11.6 Å². The number of carbonyl (C=O) groups excluding carboxylic acids is 1. The van der Waals surface area contributed by atoms with Crippen LogP contribution in [-0.2, 0) is 0 Å². The zero-order valence-corrected chi connectivity index (χ0v) is 13.7. The van der Waals surface area contributed by atoms with Gasteiger partial charge in [0.05, 0.1) is 34.5 Å². The molecule has 0 aliphatic carbocycles. The molecule has 1 amide bonds. The smallest absolute Gasteiger partial charge is 0.259 e. The number of carbonyl (C=O) groups is 1. The van der Waals surface area contributed by atoms with Crippen LogP contribution in [0.1, 0.15) is 21.6 Å². The first-order valence-corrected chi connectivity index (χ1v) is 7.78. The molecule has 1 aromatic carbocycles. The van der Waals surface area contributed by atoms with Crippen molar-refractivity contribution in [3.05, 3.63) is 65.5 Å². The number of nitrogens with one attached hydrogen (secondary N) is 1. The molecule has 7 heteroatoms. The van der Waals surface area contributed by atoms with Gasteiger partial charge in [-0.2, -0.15) is 5.26 Å². The standard InChI is InChI=1S/C19H12N4O3/c1-11-17-14(18(24)21-13-6-4-12(10-20)5-7-13)9-15(16-3-2-8-25-16)22-19(17)26-23-11/h2-9H,1H3,(H,21,24). The van der Waals surface area contributed by atoms with Crippen LogP contribution in [0.3, 0.4) is 0 Å². The van der Waals surface area contributed by atoms with Crippen molar-refractivity contribution in [3.8, 4) is 17.5 Å². The van der Waals surface area contributed by atoms with Gasteiger partial charge in [0.2, 0.25) is 0 Å². The number of rotatable bonds is 3. The van der Waals surface area contributed by atoms with Crippen molar-refractivity contribution in [1.29, 1.82) is 5.26 Å². The molecule has 0 bridgehead atoms. The van der Waals surface area contributed by atoms with E-state index in [0.29, 0.717) is 39.3 Å². The summed E-state index contributed by atoms with van der Waals surface area (Å²) in [6, 6.07) is 13.8. The topological polar surface area (TPSA) is 105 Å². The lowest BCUT2D eigenvalue weighted by Crippen LogP contribution is -2.13. The third-order valence-electron chi connectivity index (χ3n) is 3.91. The molecule has 4 aromatic rings. The molecule has 0 atom stereocenters. The molecular weight excluding hydrogens is 332 g/mol. The van der Waals surface area contributed by atoms with E-state index in [4.69, 9.17) is 14.2 Å². The number of benzene rings is 1. The van der Waals surface area contributed by atoms with Crippen LogP contribution in [0.2, 0.25) is 0 Å². The maximum absolute atomic E-state index is 12.9. The Balaban J connectivity index is 1.77. The molecule has 0 saturated carbocycles. The lowest BCUT2D eigenvalue weighted by molar-refractivity contribution is 0.102. The molecule has 7 nitrogen and oxygen atoms in total. The summed E-state index contributed by atoms with van der Waals surface area (Å²) in [5.74, 6) is 0.189. The summed E-state index contributed by atoms with van der Waals surface area (Å²) in [5, 5.41) is 16.1. The molecule has 0 radical (unpaired) electrons. The third-order valence-corrected chi connectivity index (χ3v) is 3.91. The first-order chi connectivity index (χ1) is 12.7. The molecule has 0 fully saturated rings. The molecule has 3 heterocycles. The van der Waals surface area contributed by atoms with Gasteiger partial charge >= 0.3 is 0 Å². The fraction of sp³-hybridized carbons (Fsp3) is 0.0526. The van der Waals surface area contributed by atoms with Crippen molar-refractivity contribution in [2.24, 2.45) is 0 Å². The van der Waals surface area contributed by atoms with E-state index < -0.39 is 0 Å². The van der Waals surface area contributed by atoms with E-state index in [1.165, 1.54) is 6.26 Å². The van der Waals surface area contributed by atoms with Gasteiger partial charge in [0.15, 0.2) is 5.76 Å². The van der Waals surface area contributed by atoms with Crippen molar-refractivity contribution >= 4 is 22.7 Å². The Labute approximate surface area is 147 Å². The molecule has 0 unspecified atom stereocenters. The molecule has 0 aliphatic heterocycles. The quantitative estimate of drug-likeness (QED) is 0.604. The van der Waals surface area contributed by atoms with Gasteiger partial charge in [-0.3, -0.25) is 4.79 Å². The highest BCUT2D eigenvalue weighted by atomic mass is 16.5. The Morgan fingerprint density at radius 2 is 2.04 bits per heavy atom. The van der Waals surface area contributed by atoms with E-state index in [2.05, 4.69) is 15.5 Å². The Bertz CT molecular complexity index is 1140. The number of fused-ring (bicyclic) bond motifs is 1. The van der Waals surface area contributed by atoms with Crippen molar-refractivity contribution < 1.29 is 13.7 Å². The molecule has 1 N–H and O–H groups in total. The maximum atomic E-state index is 12.9. The average Bonchev–Trinajstić information content (AvgIpc) is 3.32. The minimum atomic E-state index is -0.332. The van der Waals surface area contributed by atoms with Gasteiger partial charge in [0.1, 0.15) is 5.69 Å². The number of aromatic nitrogens is 2. The van der Waals surface area contributed by atoms with E-state index in [1.54, 1.807) is 49.4 Å². The van der Waals surface area contributed by atoms with Crippen LogP contribution >= 0.6 is 0 Å². The van der Waals surface area contributed by atoms with Crippen molar-refractivity contribution in [2.75, 3.05) is 5.32 Å². The number of hydrogen-bond acceptors (Lipinski definition) is 6. The van der Waals surface area contributed by atoms with E-state index in [9.17, 15) is 4.79 Å². The second-order valence-corrected chi connectivity index (χ2v) is 5.62. The Kier molecular flexibility index (Phi) is 3.71. The molecule has 4 rings (SSSR count). The van der Waals surface area contributed by atoms with Gasteiger partial charge in [-0.25, -0.2) is 4.98 Å². The molecule has 26 heavy (non-hydrogen) atoms. The van der Waals surface area contributed by atoms with Crippen LogP contribution in [0.5, 0.6) is 0 Å². The van der Waals surface area contributed by atoms with Crippen molar-refractivity contribution in [3.63, 3.8) is 0 Å². The number of nitriles is 1. The van der Waals surface area contributed by atoms with Gasteiger partial charge in [-0.15, -0.1) is 0 Å². The SMILES string of the molecule is Cc1noc2nc(-c3ccco3)cc(C(=O)Nc3ccc(C#N)cc3)c12. The zero-order valence-electron chi connectivity index (χ0n) is 13.7. The number of aryl methyl sites for hydroxylation is 1. The summed E-state index contributed by atoms with van der Waals surface area (Å²) in [5.41, 5.74) is 2.79. The molecule has 0 saturated heterocycles. The first kappa shape index (κ1) is 15.6. The van der Waals surface area contributed by atoms with Crippen LogP contribution < -0.4 is 5.32 Å². The van der Waals surface area contributed by atoms with Crippen LogP contribution in [-0.4, -0.2) is 16.0 Å². The maximum Gasteiger partial charge on any atom is 0.259 e. The molecule has 126 valence electrons. The Morgan fingerprint density at radius 3 is 2.73 bits per heavy atom. The first-order valence-electron chi connectivity index (χ1n) is 7.78. The highest BCUT2D eigenvalue weighted by Crippen LogP contribution is 2.28. The van der Waals surface area contributed by atoms with Crippen molar-refractivity contribution in [1.82, 2.24) is 10.1 Å². The highest BCUT2D eigenvalue weighted by Gasteiger charge is 2.20. The van der Waals surface area contributed by atoms with Gasteiger partial charge in [-0.1, -0.05) is 5.16 Å². The van der Waals surface area contributed by atoms with E-state index in [0.717, 1.165) is 0 Å². The summed E-state index contributed by atoms with van der Waals surface area (Å²) in [6.45, 7) is 1.75. The minimum absolute atomic E-state index is 0.265. The third kappa shape index (κ3) is 2.70. The van der Waals surface area contributed by atoms with Gasteiger partial charge in [0, 0.05) is 5.69 Å². The van der Waals surface area contributed by atoms with Crippen LogP contribution in [0.25, 0.3) is 22.6 Å². The summed E-state index contributed by atoms with van der Waals surface area (Å²) < 4.78 is 10.6.